The Labute approximate surface area is 160 Å². The van der Waals surface area contributed by atoms with Crippen LogP contribution in [0, 0.1) is 5.41 Å². The summed E-state index contributed by atoms with van der Waals surface area (Å²) in [5, 5.41) is 0. The van der Waals surface area contributed by atoms with Crippen LogP contribution >= 0.6 is 0 Å². The number of para-hydroxylation sites is 1. The Balaban J connectivity index is 1.49. The first-order valence-electron chi connectivity index (χ1n) is 9.64. The fourth-order valence-electron chi connectivity index (χ4n) is 4.45. The lowest BCUT2D eigenvalue weighted by atomic mass is 9.72. The number of aromatic nitrogens is 2. The number of amides is 1. The van der Waals surface area contributed by atoms with E-state index in [9.17, 15) is 4.79 Å². The number of nitrogens with zero attached hydrogens (tertiary/aromatic N) is 4. The molecule has 2 fully saturated rings. The molecule has 1 aromatic carbocycles. The van der Waals surface area contributed by atoms with Crippen LogP contribution in [0.3, 0.4) is 0 Å². The zero-order valence-corrected chi connectivity index (χ0v) is 15.8. The lowest BCUT2D eigenvalue weighted by Gasteiger charge is -2.47. The number of piperidine rings is 2. The van der Waals surface area contributed by atoms with Crippen LogP contribution in [0.4, 0.5) is 5.69 Å². The summed E-state index contributed by atoms with van der Waals surface area (Å²) in [7, 11) is 1.57. The van der Waals surface area contributed by atoms with E-state index in [1.165, 1.54) is 0 Å². The quantitative estimate of drug-likeness (QED) is 0.833. The second kappa shape index (κ2) is 7.64. The predicted octanol–water partition coefficient (Wildman–Crippen LogP) is 2.89. The van der Waals surface area contributed by atoms with Crippen LogP contribution < -0.4 is 9.64 Å². The van der Waals surface area contributed by atoms with Gasteiger partial charge < -0.3 is 9.64 Å². The summed E-state index contributed by atoms with van der Waals surface area (Å²) in [6, 6.07) is 10.4. The minimum Gasteiger partial charge on any atom is -0.467 e. The highest BCUT2D eigenvalue weighted by molar-refractivity contribution is 5.98. The highest BCUT2D eigenvalue weighted by atomic mass is 16.5. The maximum absolute atomic E-state index is 13.4. The summed E-state index contributed by atoms with van der Waals surface area (Å²) >= 11 is 0. The number of ether oxygens (including phenoxy) is 1. The van der Waals surface area contributed by atoms with Crippen molar-refractivity contribution in [3.05, 3.63) is 48.3 Å². The Morgan fingerprint density at radius 3 is 2.48 bits per heavy atom. The molecule has 1 spiro atoms. The van der Waals surface area contributed by atoms with E-state index in [-0.39, 0.29) is 11.3 Å². The molecule has 2 aliphatic rings. The molecule has 142 valence electrons. The summed E-state index contributed by atoms with van der Waals surface area (Å²) < 4.78 is 5.03. The Morgan fingerprint density at radius 2 is 1.78 bits per heavy atom. The number of carbonyl (C=O) groups excluding carboxylic acids is 1. The topological polar surface area (TPSA) is 58.6 Å². The molecule has 2 aromatic rings. The molecule has 2 aliphatic heterocycles. The molecule has 0 radical (unpaired) electrons. The number of carbonyl (C=O) groups is 1. The number of rotatable bonds is 4. The molecule has 0 saturated carbocycles. The summed E-state index contributed by atoms with van der Waals surface area (Å²) in [4.78, 5) is 26.2. The molecule has 27 heavy (non-hydrogen) atoms. The van der Waals surface area contributed by atoms with Crippen molar-refractivity contribution in [3.8, 4) is 6.01 Å². The predicted molar refractivity (Wildman–Crippen MR) is 104 cm³/mol. The molecule has 0 aliphatic carbocycles. The number of likely N-dealkylation sites (tertiary alicyclic amines) is 1. The van der Waals surface area contributed by atoms with Gasteiger partial charge in [-0.1, -0.05) is 18.2 Å². The molecule has 1 amide bonds. The molecule has 4 rings (SSSR count). The van der Waals surface area contributed by atoms with E-state index in [4.69, 9.17) is 4.74 Å². The third kappa shape index (κ3) is 3.67. The molecule has 1 aromatic heterocycles. The maximum atomic E-state index is 13.4. The number of hydrogen-bond acceptors (Lipinski definition) is 5. The number of hydrogen-bond donors (Lipinski definition) is 0. The highest BCUT2D eigenvalue weighted by Gasteiger charge is 2.46. The third-order valence-electron chi connectivity index (χ3n) is 5.73. The van der Waals surface area contributed by atoms with Crippen LogP contribution in [0.2, 0.25) is 0 Å². The van der Waals surface area contributed by atoms with Gasteiger partial charge in [-0.3, -0.25) is 9.69 Å². The lowest BCUT2D eigenvalue weighted by molar-refractivity contribution is -0.134. The minimum absolute atomic E-state index is 0.264. The van der Waals surface area contributed by atoms with Crippen LogP contribution in [-0.2, 0) is 11.3 Å². The van der Waals surface area contributed by atoms with Crippen molar-refractivity contribution < 1.29 is 9.53 Å². The van der Waals surface area contributed by atoms with Gasteiger partial charge in [0.15, 0.2) is 0 Å². The van der Waals surface area contributed by atoms with Gasteiger partial charge in [-0.05, 0) is 44.4 Å². The minimum atomic E-state index is -0.264. The van der Waals surface area contributed by atoms with Gasteiger partial charge in [0.2, 0.25) is 5.91 Å². The van der Waals surface area contributed by atoms with Crippen molar-refractivity contribution >= 4 is 11.6 Å². The smallest absolute Gasteiger partial charge is 0.316 e. The first kappa shape index (κ1) is 17.9. The van der Waals surface area contributed by atoms with Crippen LogP contribution in [0.1, 0.15) is 31.2 Å². The average Bonchev–Trinajstić information content (AvgIpc) is 2.72. The van der Waals surface area contributed by atoms with Gasteiger partial charge in [0.05, 0.1) is 12.5 Å². The van der Waals surface area contributed by atoms with Crippen LogP contribution in [0.25, 0.3) is 0 Å². The standard InChI is InChI=1S/C21H26N4O2/c1-27-20-22-13-17(14-23-20)15-24-11-5-9-21(16-24)10-6-12-25(19(21)26)18-7-3-2-4-8-18/h2-4,7-8,13-14H,5-6,9-12,15-16H2,1H3. The first-order chi connectivity index (χ1) is 13.2. The fourth-order valence-corrected chi connectivity index (χ4v) is 4.45. The van der Waals surface area contributed by atoms with E-state index >= 15 is 0 Å². The van der Waals surface area contributed by atoms with Crippen LogP contribution in [0.15, 0.2) is 42.7 Å². The zero-order chi connectivity index (χ0) is 18.7. The zero-order valence-electron chi connectivity index (χ0n) is 15.8. The molecule has 6 nitrogen and oxygen atoms in total. The van der Waals surface area contributed by atoms with Gasteiger partial charge in [0.1, 0.15) is 0 Å². The molecule has 1 unspecified atom stereocenters. The van der Waals surface area contributed by atoms with Crippen molar-refractivity contribution in [2.75, 3.05) is 31.6 Å². The maximum Gasteiger partial charge on any atom is 0.316 e. The van der Waals surface area contributed by atoms with E-state index in [1.54, 1.807) is 7.11 Å². The van der Waals surface area contributed by atoms with E-state index < -0.39 is 0 Å². The summed E-state index contributed by atoms with van der Waals surface area (Å²) in [6.07, 6.45) is 7.68. The summed E-state index contributed by atoms with van der Waals surface area (Å²) in [5.74, 6) is 0.288. The highest BCUT2D eigenvalue weighted by Crippen LogP contribution is 2.41. The van der Waals surface area contributed by atoms with E-state index in [0.29, 0.717) is 6.01 Å². The van der Waals surface area contributed by atoms with Crippen LogP contribution in [-0.4, -0.2) is 47.5 Å². The normalized spacial score (nSPS) is 23.6. The Bertz CT molecular complexity index is 777. The van der Waals surface area contributed by atoms with Gasteiger partial charge in [0, 0.05) is 43.3 Å². The molecule has 1 atom stereocenters. The Hall–Kier alpha value is -2.47. The summed E-state index contributed by atoms with van der Waals surface area (Å²) in [6.45, 7) is 3.40. The van der Waals surface area contributed by atoms with Gasteiger partial charge in [-0.2, -0.15) is 0 Å². The number of methoxy groups -OCH3 is 1. The van der Waals surface area contributed by atoms with Crippen molar-refractivity contribution in [2.24, 2.45) is 5.41 Å². The lowest BCUT2D eigenvalue weighted by Crippen LogP contribution is -2.56. The van der Waals surface area contributed by atoms with E-state index in [1.807, 2.05) is 47.6 Å². The second-order valence-electron chi connectivity index (χ2n) is 7.57. The fraction of sp³-hybridized carbons (Fsp3) is 0.476. The van der Waals surface area contributed by atoms with Gasteiger partial charge in [-0.25, -0.2) is 9.97 Å². The Morgan fingerprint density at radius 1 is 1.07 bits per heavy atom. The molecule has 3 heterocycles. The average molecular weight is 366 g/mol. The molecule has 0 N–H and O–H groups in total. The van der Waals surface area contributed by atoms with Gasteiger partial charge in [0.25, 0.3) is 0 Å². The van der Waals surface area contributed by atoms with Crippen molar-refractivity contribution in [3.63, 3.8) is 0 Å². The first-order valence-corrected chi connectivity index (χ1v) is 9.64. The van der Waals surface area contributed by atoms with Gasteiger partial charge >= 0.3 is 6.01 Å². The van der Waals surface area contributed by atoms with E-state index in [0.717, 1.165) is 63.1 Å². The SMILES string of the molecule is COc1ncc(CN2CCCC3(CCCN(c4ccccc4)C3=O)C2)cn1. The van der Waals surface area contributed by atoms with Gasteiger partial charge in [-0.15, -0.1) is 0 Å². The second-order valence-corrected chi connectivity index (χ2v) is 7.57. The van der Waals surface area contributed by atoms with E-state index in [2.05, 4.69) is 14.9 Å². The summed E-state index contributed by atoms with van der Waals surface area (Å²) in [5.41, 5.74) is 1.80. The molecule has 2 saturated heterocycles. The third-order valence-corrected chi connectivity index (χ3v) is 5.73. The number of benzene rings is 1. The largest absolute Gasteiger partial charge is 0.467 e. The van der Waals surface area contributed by atoms with Crippen molar-refractivity contribution in [1.82, 2.24) is 14.9 Å². The molecular weight excluding hydrogens is 340 g/mol. The van der Waals surface area contributed by atoms with Crippen LogP contribution in [0.5, 0.6) is 6.01 Å². The van der Waals surface area contributed by atoms with Crippen molar-refractivity contribution in [1.29, 1.82) is 0 Å². The molecular formula is C21H26N4O2. The number of anilines is 1. The molecule has 0 bridgehead atoms. The van der Waals surface area contributed by atoms with Crippen molar-refractivity contribution in [2.45, 2.75) is 32.2 Å². The monoisotopic (exact) mass is 366 g/mol. The molecule has 6 heteroatoms. The Kier molecular flexibility index (Phi) is 5.07.